The number of hydrogen-bond acceptors (Lipinski definition) is 1. The highest BCUT2D eigenvalue weighted by Crippen LogP contribution is 2.32. The molecule has 1 aromatic rings. The summed E-state index contributed by atoms with van der Waals surface area (Å²) in [6.07, 6.45) is 0. The number of benzene rings is 1. The highest BCUT2D eigenvalue weighted by atomic mass is 79.9. The Kier molecular flexibility index (Phi) is 3.72. The number of ether oxygens (including phenoxy) is 1. The Morgan fingerprint density at radius 2 is 2.23 bits per heavy atom. The molecule has 1 radical (unpaired) electrons. The first kappa shape index (κ1) is 10.5. The predicted molar refractivity (Wildman–Crippen MR) is 54.7 cm³/mol. The molecule has 0 saturated carbocycles. The van der Waals surface area contributed by atoms with E-state index in [9.17, 15) is 4.39 Å². The number of rotatable bonds is 3. The van der Waals surface area contributed by atoms with Crippen molar-refractivity contribution in [1.29, 1.82) is 0 Å². The van der Waals surface area contributed by atoms with E-state index in [2.05, 4.69) is 15.9 Å². The zero-order valence-electron chi connectivity index (χ0n) is 7.60. The summed E-state index contributed by atoms with van der Waals surface area (Å²) in [7, 11) is 1.59. The van der Waals surface area contributed by atoms with E-state index in [-0.39, 0.29) is 0 Å². The summed E-state index contributed by atoms with van der Waals surface area (Å²) in [5.74, 6) is 1.43. The molecular weight excluding hydrogens is 235 g/mol. The molecule has 0 saturated heterocycles. The summed E-state index contributed by atoms with van der Waals surface area (Å²) in [5.41, 5.74) is 0.863. The third-order valence-corrected chi connectivity index (χ3v) is 2.66. The Labute approximate surface area is 86.0 Å². The molecule has 0 bridgehead atoms. The minimum atomic E-state index is -0.439. The molecule has 1 aromatic carbocycles. The highest BCUT2D eigenvalue weighted by Gasteiger charge is 2.12. The van der Waals surface area contributed by atoms with Gasteiger partial charge in [0.25, 0.3) is 0 Å². The van der Waals surface area contributed by atoms with Gasteiger partial charge in [-0.05, 0) is 27.6 Å². The first-order chi connectivity index (χ1) is 6.20. The van der Waals surface area contributed by atoms with E-state index < -0.39 is 6.67 Å². The lowest BCUT2D eigenvalue weighted by molar-refractivity contribution is 0.411. The number of alkyl halides is 1. The Bertz CT molecular complexity index is 288. The Morgan fingerprint density at radius 3 is 2.77 bits per heavy atom. The maximum Gasteiger partial charge on any atom is 0.133 e. The van der Waals surface area contributed by atoms with Crippen molar-refractivity contribution in [3.05, 3.63) is 34.2 Å². The minimum absolute atomic E-state index is 0.439. The average molecular weight is 246 g/mol. The molecule has 1 rings (SSSR count). The first-order valence-electron chi connectivity index (χ1n) is 3.92. The third kappa shape index (κ3) is 2.21. The molecule has 71 valence electrons. The summed E-state index contributed by atoms with van der Waals surface area (Å²) < 4.78 is 18.3. The van der Waals surface area contributed by atoms with Crippen LogP contribution in [0.5, 0.6) is 5.75 Å². The van der Waals surface area contributed by atoms with Crippen molar-refractivity contribution in [2.45, 2.75) is 6.92 Å². The molecule has 0 unspecified atom stereocenters. The molecule has 0 amide bonds. The average Bonchev–Trinajstić information content (AvgIpc) is 2.17. The Morgan fingerprint density at radius 1 is 1.54 bits per heavy atom. The fraction of sp³-hybridized carbons (Fsp3) is 0.300. The minimum Gasteiger partial charge on any atom is -0.496 e. The van der Waals surface area contributed by atoms with Crippen LogP contribution in [0.25, 0.3) is 0 Å². The molecule has 0 heterocycles. The molecule has 0 spiro atoms. The molecule has 1 nitrogen and oxygen atoms in total. The van der Waals surface area contributed by atoms with E-state index in [0.717, 1.165) is 15.8 Å². The van der Waals surface area contributed by atoms with Crippen molar-refractivity contribution in [3.8, 4) is 5.75 Å². The van der Waals surface area contributed by atoms with Crippen molar-refractivity contribution >= 4 is 15.9 Å². The van der Waals surface area contributed by atoms with Crippen molar-refractivity contribution in [3.63, 3.8) is 0 Å². The Balaban J connectivity index is 3.08. The predicted octanol–water partition coefficient (Wildman–Crippen LogP) is 3.37. The normalized spacial score (nSPS) is 10.5. The van der Waals surface area contributed by atoms with Crippen molar-refractivity contribution < 1.29 is 9.13 Å². The van der Waals surface area contributed by atoms with Crippen LogP contribution in [-0.4, -0.2) is 13.8 Å². The van der Waals surface area contributed by atoms with E-state index in [0.29, 0.717) is 5.92 Å². The van der Waals surface area contributed by atoms with Gasteiger partial charge in [-0.2, -0.15) is 0 Å². The van der Waals surface area contributed by atoms with E-state index >= 15 is 0 Å². The van der Waals surface area contributed by atoms with Crippen LogP contribution in [0.4, 0.5) is 4.39 Å². The van der Waals surface area contributed by atoms with Gasteiger partial charge in [-0.15, -0.1) is 0 Å². The molecule has 0 fully saturated rings. The van der Waals surface area contributed by atoms with Gasteiger partial charge < -0.3 is 4.74 Å². The quantitative estimate of drug-likeness (QED) is 0.794. The molecular formula is C10H11BrFO. The van der Waals surface area contributed by atoms with Crippen LogP contribution in [0.2, 0.25) is 0 Å². The molecule has 0 aliphatic rings. The maximum atomic E-state index is 12.4. The van der Waals surface area contributed by atoms with E-state index in [1.807, 2.05) is 18.2 Å². The van der Waals surface area contributed by atoms with Crippen LogP contribution in [0.1, 0.15) is 12.5 Å². The summed E-state index contributed by atoms with van der Waals surface area (Å²) >= 11 is 3.37. The lowest BCUT2D eigenvalue weighted by atomic mass is 10.0. The zero-order chi connectivity index (χ0) is 9.84. The van der Waals surface area contributed by atoms with Crippen molar-refractivity contribution in [2.24, 2.45) is 0 Å². The number of methoxy groups -OCH3 is 1. The smallest absolute Gasteiger partial charge is 0.133 e. The van der Waals surface area contributed by atoms with Gasteiger partial charge in [0.05, 0.1) is 18.3 Å². The zero-order valence-corrected chi connectivity index (χ0v) is 9.19. The van der Waals surface area contributed by atoms with Crippen LogP contribution in [0, 0.1) is 5.92 Å². The molecule has 0 aliphatic heterocycles. The van der Waals surface area contributed by atoms with Crippen LogP contribution >= 0.6 is 15.9 Å². The van der Waals surface area contributed by atoms with Crippen LogP contribution in [0.3, 0.4) is 0 Å². The third-order valence-electron chi connectivity index (χ3n) is 1.84. The molecule has 3 heteroatoms. The SMILES string of the molecule is COc1cccc([C](C)CF)c1Br. The van der Waals surface area contributed by atoms with Gasteiger partial charge in [-0.3, -0.25) is 4.39 Å². The van der Waals surface area contributed by atoms with Gasteiger partial charge in [0.1, 0.15) is 5.75 Å². The lowest BCUT2D eigenvalue weighted by Gasteiger charge is -2.11. The van der Waals surface area contributed by atoms with Crippen molar-refractivity contribution in [2.75, 3.05) is 13.8 Å². The number of hydrogen-bond donors (Lipinski definition) is 0. The fourth-order valence-electron chi connectivity index (χ4n) is 1.07. The highest BCUT2D eigenvalue weighted by molar-refractivity contribution is 9.10. The molecule has 0 N–H and O–H groups in total. The fourth-order valence-corrected chi connectivity index (χ4v) is 1.83. The molecule has 0 atom stereocenters. The largest absolute Gasteiger partial charge is 0.496 e. The van der Waals surface area contributed by atoms with E-state index in [1.54, 1.807) is 14.0 Å². The van der Waals surface area contributed by atoms with Crippen LogP contribution < -0.4 is 4.74 Å². The molecule has 0 aliphatic carbocycles. The van der Waals surface area contributed by atoms with E-state index in [1.165, 1.54) is 0 Å². The second-order valence-corrected chi connectivity index (χ2v) is 3.53. The second-order valence-electron chi connectivity index (χ2n) is 2.74. The van der Waals surface area contributed by atoms with Crippen LogP contribution in [-0.2, 0) is 0 Å². The first-order valence-corrected chi connectivity index (χ1v) is 4.71. The maximum absolute atomic E-state index is 12.4. The number of halogens is 2. The lowest BCUT2D eigenvalue weighted by Crippen LogP contribution is -1.98. The topological polar surface area (TPSA) is 9.23 Å². The van der Waals surface area contributed by atoms with Gasteiger partial charge in [-0.25, -0.2) is 0 Å². The van der Waals surface area contributed by atoms with E-state index in [4.69, 9.17) is 4.74 Å². The Hall–Kier alpha value is -0.570. The summed E-state index contributed by atoms with van der Waals surface area (Å²) in [5, 5.41) is 0. The summed E-state index contributed by atoms with van der Waals surface area (Å²) in [6.45, 7) is 1.32. The van der Waals surface area contributed by atoms with Crippen LogP contribution in [0.15, 0.2) is 22.7 Å². The monoisotopic (exact) mass is 245 g/mol. The van der Waals surface area contributed by atoms with Gasteiger partial charge in [0.2, 0.25) is 0 Å². The second kappa shape index (κ2) is 4.61. The molecule has 13 heavy (non-hydrogen) atoms. The summed E-state index contributed by atoms with van der Waals surface area (Å²) in [6, 6.07) is 5.54. The van der Waals surface area contributed by atoms with Gasteiger partial charge >= 0.3 is 0 Å². The van der Waals surface area contributed by atoms with Crippen molar-refractivity contribution in [1.82, 2.24) is 0 Å². The summed E-state index contributed by atoms with van der Waals surface area (Å²) in [4.78, 5) is 0. The van der Waals surface area contributed by atoms with Gasteiger partial charge in [-0.1, -0.05) is 19.1 Å². The van der Waals surface area contributed by atoms with Gasteiger partial charge in [0, 0.05) is 5.92 Å². The standard InChI is InChI=1S/C10H11BrFO/c1-7(6-12)8-4-3-5-9(13-2)10(8)11/h3-5H,6H2,1-2H3. The molecule has 0 aromatic heterocycles. The van der Waals surface area contributed by atoms with Gasteiger partial charge in [0.15, 0.2) is 0 Å².